The van der Waals surface area contributed by atoms with Gasteiger partial charge in [0.2, 0.25) is 0 Å². The van der Waals surface area contributed by atoms with E-state index in [1.807, 2.05) is 0 Å². The molecule has 3 atom stereocenters. The van der Waals surface area contributed by atoms with Gasteiger partial charge in [-0.3, -0.25) is 9.59 Å². The maximum atomic E-state index is 11.1. The summed E-state index contributed by atoms with van der Waals surface area (Å²) in [5.74, 6) is 0.749. The Hall–Kier alpha value is -1.57. The molecule has 1 saturated carbocycles. The number of rotatable bonds is 6. The highest BCUT2D eigenvalue weighted by molar-refractivity contribution is 5.82. The van der Waals surface area contributed by atoms with E-state index >= 15 is 0 Å². The Morgan fingerprint density at radius 1 is 1.24 bits per heavy atom. The average molecular weight is 297 g/mol. The van der Waals surface area contributed by atoms with Crippen molar-refractivity contribution in [3.05, 3.63) is 0 Å². The first-order valence-corrected chi connectivity index (χ1v) is 7.59. The lowest BCUT2D eigenvalue weighted by Gasteiger charge is -2.07. The molecule has 1 aliphatic rings. The lowest BCUT2D eigenvalue weighted by atomic mass is 10.1. The first-order valence-electron chi connectivity index (χ1n) is 7.59. The van der Waals surface area contributed by atoms with E-state index in [2.05, 4.69) is 30.2 Å². The molecule has 0 bridgehead atoms. The number of carbonyl (C=O) groups is 2. The molecule has 0 heterocycles. The molecule has 0 radical (unpaired) electrons. The summed E-state index contributed by atoms with van der Waals surface area (Å²) in [6.07, 6.45) is 1.24. The van der Waals surface area contributed by atoms with Gasteiger partial charge < -0.3 is 9.47 Å². The van der Waals surface area contributed by atoms with Gasteiger partial charge in [0.25, 0.3) is 0 Å². The van der Waals surface area contributed by atoms with Crippen LogP contribution in [0.5, 0.6) is 0 Å². The molecule has 1 rings (SSSR count). The Bertz CT molecular complexity index is 373. The molecule has 5 heteroatoms. The Labute approximate surface area is 127 Å². The van der Waals surface area contributed by atoms with Crippen LogP contribution < -0.4 is 0 Å². The van der Waals surface area contributed by atoms with E-state index in [9.17, 15) is 9.59 Å². The van der Waals surface area contributed by atoms with Crippen LogP contribution in [0.4, 0.5) is 0 Å². The number of esters is 2. The number of hydrogen-bond donors (Lipinski definition) is 0. The highest BCUT2D eigenvalue weighted by atomic mass is 16.5. The second kappa shape index (κ2) is 10.2. The van der Waals surface area contributed by atoms with Crippen LogP contribution in [0.1, 0.15) is 47.5 Å². The normalized spacial score (nSPS) is 20.6. The summed E-state index contributed by atoms with van der Waals surface area (Å²) in [7, 11) is 0. The zero-order chi connectivity index (χ0) is 16.4. The van der Waals surface area contributed by atoms with Crippen molar-refractivity contribution in [2.45, 2.75) is 47.5 Å². The molecule has 3 unspecified atom stereocenters. The number of hydrogen-bond acceptors (Lipinski definition) is 5. The fourth-order valence-electron chi connectivity index (χ4n) is 2.09. The summed E-state index contributed by atoms with van der Waals surface area (Å²) in [4.78, 5) is 22.0. The van der Waals surface area contributed by atoms with Gasteiger partial charge in [0.05, 0.1) is 25.7 Å². The molecule has 0 N–H and O–H groups in total. The molecule has 0 amide bonds. The van der Waals surface area contributed by atoms with E-state index in [1.54, 1.807) is 19.9 Å². The average Bonchev–Trinajstić information content (AvgIpc) is 3.15. The van der Waals surface area contributed by atoms with Crippen LogP contribution in [0.15, 0.2) is 0 Å². The lowest BCUT2D eigenvalue weighted by molar-refractivity contribution is -0.152. The van der Waals surface area contributed by atoms with Crippen molar-refractivity contribution < 1.29 is 19.1 Å². The third-order valence-electron chi connectivity index (χ3n) is 3.43. The first kappa shape index (κ1) is 19.4. The van der Waals surface area contributed by atoms with E-state index in [-0.39, 0.29) is 19.6 Å². The molecule has 0 spiro atoms. The van der Waals surface area contributed by atoms with Crippen molar-refractivity contribution in [3.8, 4) is 6.07 Å². The third-order valence-corrected chi connectivity index (χ3v) is 3.43. The van der Waals surface area contributed by atoms with Gasteiger partial charge in [0.1, 0.15) is 0 Å². The fourth-order valence-corrected chi connectivity index (χ4v) is 2.09. The second-order valence-electron chi connectivity index (χ2n) is 5.56. The Kier molecular flexibility index (Phi) is 9.44. The fraction of sp³-hybridized carbons (Fsp3) is 0.812. The minimum Gasteiger partial charge on any atom is -0.466 e. The molecule has 0 aliphatic heterocycles. The number of carbonyl (C=O) groups excluding carboxylic acids is 2. The minimum atomic E-state index is -1.06. The Balaban J connectivity index is 0.000000471. The summed E-state index contributed by atoms with van der Waals surface area (Å²) in [6.45, 7) is 10.7. The highest BCUT2D eigenvalue weighted by Crippen LogP contribution is 2.43. The molecule has 5 nitrogen and oxygen atoms in total. The monoisotopic (exact) mass is 297 g/mol. The lowest BCUT2D eigenvalue weighted by Crippen LogP contribution is -2.20. The summed E-state index contributed by atoms with van der Waals surface area (Å²) < 4.78 is 9.21. The topological polar surface area (TPSA) is 76.4 Å². The first-order chi connectivity index (χ1) is 9.87. The maximum Gasteiger partial charge on any atom is 0.323 e. The van der Waals surface area contributed by atoms with Crippen LogP contribution in [0.2, 0.25) is 0 Å². The van der Waals surface area contributed by atoms with Crippen molar-refractivity contribution in [2.24, 2.45) is 23.7 Å². The van der Waals surface area contributed by atoms with Crippen LogP contribution in [0.25, 0.3) is 0 Å². The quantitative estimate of drug-likeness (QED) is 0.704. The predicted octanol–water partition coefficient (Wildman–Crippen LogP) is 2.94. The van der Waals surface area contributed by atoms with E-state index < -0.39 is 17.9 Å². The SMILES string of the molecule is CC(C)C1CC1C.CCOC(=O)CC(C#N)C(=O)OCC. The zero-order valence-electron chi connectivity index (χ0n) is 13.7. The van der Waals surface area contributed by atoms with Crippen LogP contribution in [-0.2, 0) is 19.1 Å². The van der Waals surface area contributed by atoms with Crippen molar-refractivity contribution in [1.82, 2.24) is 0 Å². The predicted molar refractivity (Wildman–Crippen MR) is 79.1 cm³/mol. The van der Waals surface area contributed by atoms with Crippen LogP contribution in [0.3, 0.4) is 0 Å². The molecular weight excluding hydrogens is 270 g/mol. The van der Waals surface area contributed by atoms with Crippen molar-refractivity contribution in [3.63, 3.8) is 0 Å². The summed E-state index contributed by atoms with van der Waals surface area (Å²) in [6, 6.07) is 1.70. The number of nitriles is 1. The maximum absolute atomic E-state index is 11.1. The summed E-state index contributed by atoms with van der Waals surface area (Å²) >= 11 is 0. The minimum absolute atomic E-state index is 0.194. The Morgan fingerprint density at radius 2 is 1.76 bits per heavy atom. The van der Waals surface area contributed by atoms with E-state index in [4.69, 9.17) is 5.26 Å². The number of ether oxygens (including phenoxy) is 2. The standard InChI is InChI=1S/C9H13NO4.C7H14/c1-3-13-8(11)5-7(6-10)9(12)14-4-2;1-5(2)7-4-6(7)3/h7H,3-5H2,1-2H3;5-7H,4H2,1-3H3. The van der Waals surface area contributed by atoms with Gasteiger partial charge in [-0.05, 0) is 38.0 Å². The van der Waals surface area contributed by atoms with Crippen molar-refractivity contribution in [2.75, 3.05) is 13.2 Å². The smallest absolute Gasteiger partial charge is 0.323 e. The summed E-state index contributed by atoms with van der Waals surface area (Å²) in [5.41, 5.74) is 0. The molecule has 0 aromatic heterocycles. The van der Waals surface area contributed by atoms with Crippen LogP contribution in [-0.4, -0.2) is 25.2 Å². The third kappa shape index (κ3) is 8.34. The highest BCUT2D eigenvalue weighted by Gasteiger charge is 2.34. The molecule has 1 fully saturated rings. The Morgan fingerprint density at radius 3 is 2.05 bits per heavy atom. The van der Waals surface area contributed by atoms with E-state index in [1.165, 1.54) is 6.42 Å². The van der Waals surface area contributed by atoms with Gasteiger partial charge in [0, 0.05) is 0 Å². The van der Waals surface area contributed by atoms with Gasteiger partial charge in [-0.1, -0.05) is 20.8 Å². The van der Waals surface area contributed by atoms with Gasteiger partial charge in [-0.15, -0.1) is 0 Å². The molecule has 0 saturated heterocycles. The van der Waals surface area contributed by atoms with Crippen molar-refractivity contribution in [1.29, 1.82) is 5.26 Å². The van der Waals surface area contributed by atoms with Crippen LogP contribution >= 0.6 is 0 Å². The molecular formula is C16H27NO4. The largest absolute Gasteiger partial charge is 0.466 e. The zero-order valence-corrected chi connectivity index (χ0v) is 13.7. The second-order valence-corrected chi connectivity index (χ2v) is 5.56. The van der Waals surface area contributed by atoms with E-state index in [0.29, 0.717) is 0 Å². The van der Waals surface area contributed by atoms with Gasteiger partial charge in [-0.2, -0.15) is 5.26 Å². The van der Waals surface area contributed by atoms with Gasteiger partial charge in [-0.25, -0.2) is 0 Å². The number of nitrogens with zero attached hydrogens (tertiary/aromatic N) is 1. The molecule has 1 aliphatic carbocycles. The summed E-state index contributed by atoms with van der Waals surface area (Å²) in [5, 5.41) is 8.58. The molecule has 0 aromatic carbocycles. The molecule has 0 aromatic rings. The van der Waals surface area contributed by atoms with E-state index in [0.717, 1.165) is 17.8 Å². The van der Waals surface area contributed by atoms with Crippen LogP contribution in [0, 0.1) is 35.0 Å². The van der Waals surface area contributed by atoms with Gasteiger partial charge >= 0.3 is 11.9 Å². The van der Waals surface area contributed by atoms with Crippen molar-refractivity contribution >= 4 is 11.9 Å². The molecule has 21 heavy (non-hydrogen) atoms. The molecule has 120 valence electrons. The van der Waals surface area contributed by atoms with Gasteiger partial charge in [0.15, 0.2) is 5.92 Å².